The van der Waals surface area contributed by atoms with E-state index in [4.69, 9.17) is 12.6 Å². The lowest BCUT2D eigenvalue weighted by atomic mass is 9.95. The van der Waals surface area contributed by atoms with Gasteiger partial charge >= 0.3 is 0 Å². The van der Waals surface area contributed by atoms with Crippen molar-refractivity contribution in [2.24, 2.45) is 0 Å². The van der Waals surface area contributed by atoms with E-state index in [0.29, 0.717) is 34.3 Å². The van der Waals surface area contributed by atoms with Crippen LogP contribution < -0.4 is 15.7 Å². The molecule has 0 amide bonds. The summed E-state index contributed by atoms with van der Waals surface area (Å²) in [5, 5.41) is 20.7. The maximum absolute atomic E-state index is 10.8. The fourth-order valence-corrected chi connectivity index (χ4v) is 2.98. The van der Waals surface area contributed by atoms with E-state index in [1.165, 1.54) is 6.08 Å². The Morgan fingerprint density at radius 1 is 1.22 bits per heavy atom. The summed E-state index contributed by atoms with van der Waals surface area (Å²) < 4.78 is 7.40. The first-order valence-corrected chi connectivity index (χ1v) is 8.43. The van der Waals surface area contributed by atoms with Gasteiger partial charge in [-0.15, -0.1) is 0 Å². The van der Waals surface area contributed by atoms with E-state index in [9.17, 15) is 15.1 Å². The molecule has 0 saturated carbocycles. The van der Waals surface area contributed by atoms with Crippen LogP contribution in [0.3, 0.4) is 0 Å². The maximum Gasteiger partial charge on any atom is 0.142 e. The third kappa shape index (κ3) is 4.21. The van der Waals surface area contributed by atoms with Gasteiger partial charge in [-0.25, -0.2) is 0 Å². The van der Waals surface area contributed by atoms with Crippen LogP contribution in [-0.2, 0) is 11.3 Å². The molecule has 1 aromatic heterocycles. The molecule has 0 aliphatic rings. The topological polar surface area (TPSA) is 83.7 Å². The van der Waals surface area contributed by atoms with Gasteiger partial charge in [0.25, 0.3) is 0 Å². The number of ether oxygens (including phenoxy) is 1. The summed E-state index contributed by atoms with van der Waals surface area (Å²) in [5.74, 6) is 0.667. The van der Waals surface area contributed by atoms with Gasteiger partial charge in [0.2, 0.25) is 0 Å². The molecule has 3 N–H and O–H groups in total. The first kappa shape index (κ1) is 18.8. The highest BCUT2D eigenvalue weighted by Gasteiger charge is 2.18. The summed E-state index contributed by atoms with van der Waals surface area (Å²) in [6.45, 7) is 0.296. The molecule has 1 heterocycles. The minimum absolute atomic E-state index is 0.0946. The Kier molecular flexibility index (Phi) is 5.96. The Morgan fingerprint density at radius 2 is 2.00 bits per heavy atom. The quantitative estimate of drug-likeness (QED) is 0.247. The van der Waals surface area contributed by atoms with E-state index in [1.54, 1.807) is 28.8 Å². The van der Waals surface area contributed by atoms with E-state index in [1.807, 2.05) is 30.3 Å². The second-order valence-corrected chi connectivity index (χ2v) is 6.03. The highest BCUT2D eigenvalue weighted by Crippen LogP contribution is 2.31. The molecule has 0 saturated heterocycles. The highest BCUT2D eigenvalue weighted by atomic mass is 16.5. The van der Waals surface area contributed by atoms with Crippen LogP contribution in [0.2, 0.25) is 0 Å². The van der Waals surface area contributed by atoms with Crippen molar-refractivity contribution in [1.82, 2.24) is 4.57 Å². The van der Waals surface area contributed by atoms with Crippen LogP contribution in [-0.4, -0.2) is 41.7 Å². The summed E-state index contributed by atoms with van der Waals surface area (Å²) in [6, 6.07) is 14.5. The van der Waals surface area contributed by atoms with E-state index >= 15 is 0 Å². The number of aliphatic hydroxyl groups excluding tert-OH is 1. The monoisotopic (exact) mass is 362 g/mol. The van der Waals surface area contributed by atoms with Crippen molar-refractivity contribution in [3.05, 3.63) is 60.3 Å². The van der Waals surface area contributed by atoms with Crippen LogP contribution >= 0.6 is 0 Å². The van der Waals surface area contributed by atoms with Crippen LogP contribution in [0, 0.1) is 0 Å². The van der Waals surface area contributed by atoms with Crippen LogP contribution in [0.4, 0.5) is 5.69 Å². The second-order valence-electron chi connectivity index (χ2n) is 6.03. The fourth-order valence-electron chi connectivity index (χ4n) is 2.98. The largest absolute Gasteiger partial charge is 0.491 e. The molecule has 6 nitrogen and oxygen atoms in total. The normalized spacial score (nSPS) is 12.4. The summed E-state index contributed by atoms with van der Waals surface area (Å²) >= 11 is 0. The Morgan fingerprint density at radius 3 is 2.70 bits per heavy atom. The summed E-state index contributed by atoms with van der Waals surface area (Å²) in [5.41, 5.74) is 4.42. The Balaban J connectivity index is 1.91. The smallest absolute Gasteiger partial charge is 0.142 e. The van der Waals surface area contributed by atoms with Crippen molar-refractivity contribution in [3.63, 3.8) is 0 Å². The number of fused-ring (bicyclic) bond motifs is 1. The van der Waals surface area contributed by atoms with Crippen molar-refractivity contribution in [3.8, 4) is 5.75 Å². The minimum atomic E-state index is -0.812. The van der Waals surface area contributed by atoms with E-state index in [2.05, 4.69) is 5.48 Å². The lowest BCUT2D eigenvalue weighted by Gasteiger charge is -2.16. The number of hydrogen-bond donors (Lipinski definition) is 3. The fraction of sp³-hybridized carbons (Fsp3) is 0.150. The van der Waals surface area contributed by atoms with Gasteiger partial charge in [-0.05, 0) is 30.4 Å². The van der Waals surface area contributed by atoms with Crippen LogP contribution in [0.5, 0.6) is 5.75 Å². The average Bonchev–Trinajstić information content (AvgIpc) is 2.97. The predicted octanol–water partition coefficient (Wildman–Crippen LogP) is 1.89. The average molecular weight is 362 g/mol. The van der Waals surface area contributed by atoms with Crippen molar-refractivity contribution in [1.29, 1.82) is 0 Å². The zero-order valence-corrected chi connectivity index (χ0v) is 14.6. The van der Waals surface area contributed by atoms with Crippen LogP contribution in [0.25, 0.3) is 17.0 Å². The van der Waals surface area contributed by atoms with E-state index < -0.39 is 6.10 Å². The number of para-hydroxylation sites is 1. The lowest BCUT2D eigenvalue weighted by molar-refractivity contribution is -0.104. The van der Waals surface area contributed by atoms with Gasteiger partial charge in [-0.3, -0.25) is 15.5 Å². The van der Waals surface area contributed by atoms with Gasteiger partial charge in [-0.2, -0.15) is 0 Å². The molecule has 27 heavy (non-hydrogen) atoms. The number of benzene rings is 2. The van der Waals surface area contributed by atoms with Crippen LogP contribution in [0.1, 0.15) is 5.69 Å². The molecule has 7 heteroatoms. The number of carbonyl (C=O) groups is 1. The zero-order chi connectivity index (χ0) is 19.2. The number of nitrogens with zero attached hydrogens (tertiary/aromatic N) is 1. The standard InChI is InChI=1S/C20H19BN2O4/c21-14-8-9-18-17(11-14)20(22-26)19(7-4-10-24)23(18)12-15(25)13-27-16-5-2-1-3-6-16/h1-11,15,22,25-26H,12-13H2. The van der Waals surface area contributed by atoms with Crippen molar-refractivity contribution < 1.29 is 19.8 Å². The third-order valence-electron chi connectivity index (χ3n) is 4.15. The number of aliphatic hydroxyl groups is 1. The molecule has 0 spiro atoms. The number of allylic oxidation sites excluding steroid dienone is 1. The molecule has 0 bridgehead atoms. The lowest BCUT2D eigenvalue weighted by Crippen LogP contribution is -2.24. The van der Waals surface area contributed by atoms with Crippen molar-refractivity contribution in [2.75, 3.05) is 12.1 Å². The van der Waals surface area contributed by atoms with Gasteiger partial charge in [0.05, 0.1) is 23.4 Å². The Hall–Kier alpha value is -3.03. The molecule has 0 fully saturated rings. The number of anilines is 1. The maximum atomic E-state index is 10.8. The van der Waals surface area contributed by atoms with E-state index in [-0.39, 0.29) is 13.2 Å². The zero-order valence-electron chi connectivity index (χ0n) is 14.6. The number of carbonyl (C=O) groups excluding carboxylic acids is 1. The molecule has 0 aliphatic carbocycles. The number of nitrogens with one attached hydrogen (secondary N) is 1. The van der Waals surface area contributed by atoms with Crippen molar-refractivity contribution in [2.45, 2.75) is 12.6 Å². The molecule has 136 valence electrons. The number of aromatic nitrogens is 1. The Labute approximate surface area is 158 Å². The number of hydrogen-bond acceptors (Lipinski definition) is 5. The van der Waals surface area contributed by atoms with Gasteiger partial charge < -0.3 is 14.4 Å². The predicted molar refractivity (Wildman–Crippen MR) is 106 cm³/mol. The second kappa shape index (κ2) is 8.57. The molecular formula is C20H19BN2O4. The first-order valence-electron chi connectivity index (χ1n) is 8.43. The van der Waals surface area contributed by atoms with Gasteiger partial charge in [-0.1, -0.05) is 35.8 Å². The van der Waals surface area contributed by atoms with Gasteiger partial charge in [0.15, 0.2) is 0 Å². The summed E-state index contributed by atoms with van der Waals surface area (Å²) in [7, 11) is 5.86. The molecule has 3 rings (SSSR count). The third-order valence-corrected chi connectivity index (χ3v) is 4.15. The van der Waals surface area contributed by atoms with Gasteiger partial charge in [0.1, 0.15) is 32.6 Å². The molecule has 2 aromatic carbocycles. The first-order chi connectivity index (χ1) is 13.1. The SMILES string of the molecule is [B]c1ccc2c(c1)c(NO)c(C=CC=O)n2CC(O)COc1ccccc1. The summed E-state index contributed by atoms with van der Waals surface area (Å²) in [6.07, 6.45) is 2.72. The summed E-state index contributed by atoms with van der Waals surface area (Å²) in [4.78, 5) is 10.8. The molecule has 1 atom stereocenters. The number of aldehydes is 1. The Bertz CT molecular complexity index is 954. The molecule has 3 aromatic rings. The highest BCUT2D eigenvalue weighted by molar-refractivity contribution is 6.33. The van der Waals surface area contributed by atoms with E-state index in [0.717, 1.165) is 5.52 Å². The van der Waals surface area contributed by atoms with Crippen LogP contribution in [0.15, 0.2) is 54.6 Å². The minimum Gasteiger partial charge on any atom is -0.491 e. The molecule has 0 aliphatic heterocycles. The molecule has 2 radical (unpaired) electrons. The van der Waals surface area contributed by atoms with Gasteiger partial charge in [0, 0.05) is 5.39 Å². The molecular weight excluding hydrogens is 343 g/mol. The van der Waals surface area contributed by atoms with Crippen molar-refractivity contribution >= 4 is 42.3 Å². The molecule has 1 unspecified atom stereocenters. The number of rotatable bonds is 8.